The van der Waals surface area contributed by atoms with Gasteiger partial charge in [-0.3, -0.25) is 4.79 Å². The van der Waals surface area contributed by atoms with E-state index in [0.717, 1.165) is 5.56 Å². The van der Waals surface area contributed by atoms with E-state index in [9.17, 15) is 4.79 Å². The summed E-state index contributed by atoms with van der Waals surface area (Å²) in [5.41, 5.74) is 1.68. The normalized spacial score (nSPS) is 10.3. The Morgan fingerprint density at radius 3 is 2.81 bits per heavy atom. The molecule has 0 atom stereocenters. The molecule has 1 N–H and O–H groups in total. The number of carbonyl (C=O) groups is 1. The molecule has 0 bridgehead atoms. The number of benzene rings is 1. The molecule has 7 heteroatoms. The van der Waals surface area contributed by atoms with Gasteiger partial charge in [0, 0.05) is 11.3 Å². The minimum atomic E-state index is -0.293. The fourth-order valence-electron chi connectivity index (χ4n) is 1.76. The van der Waals surface area contributed by atoms with Gasteiger partial charge in [0.2, 0.25) is 12.3 Å². The largest absolute Gasteiger partial charge is 0.423 e. The zero-order valence-corrected chi connectivity index (χ0v) is 12.2. The maximum absolute atomic E-state index is 12.1. The molecule has 1 aromatic carbocycles. The van der Waals surface area contributed by atoms with Crippen LogP contribution in [-0.4, -0.2) is 21.1 Å². The number of hydrogen-bond donors (Lipinski definition) is 1. The number of halogens is 1. The summed E-state index contributed by atoms with van der Waals surface area (Å²) in [5, 5.41) is 10.2. The zero-order valence-electron chi connectivity index (χ0n) is 10.7. The van der Waals surface area contributed by atoms with Gasteiger partial charge in [0.15, 0.2) is 0 Å². The van der Waals surface area contributed by atoms with Crippen LogP contribution in [0.5, 0.6) is 0 Å². The molecule has 2 heterocycles. The van der Waals surface area contributed by atoms with E-state index in [0.29, 0.717) is 21.9 Å². The molecule has 0 saturated carbocycles. The van der Waals surface area contributed by atoms with Crippen molar-refractivity contribution in [2.45, 2.75) is 0 Å². The van der Waals surface area contributed by atoms with E-state index >= 15 is 0 Å². The predicted molar refractivity (Wildman–Crippen MR) is 79.6 cm³/mol. The Balaban J connectivity index is 1.82. The van der Waals surface area contributed by atoms with Gasteiger partial charge in [-0.15, -0.1) is 10.2 Å². The lowest BCUT2D eigenvalue weighted by atomic mass is 10.2. The number of pyridine rings is 1. The van der Waals surface area contributed by atoms with Gasteiger partial charge < -0.3 is 9.73 Å². The molecular weight excluding hydrogens is 336 g/mol. The summed E-state index contributed by atoms with van der Waals surface area (Å²) in [5.74, 6) is 0.102. The molecule has 0 radical (unpaired) electrons. The maximum Gasteiger partial charge on any atom is 0.274 e. The van der Waals surface area contributed by atoms with Gasteiger partial charge in [0.05, 0.1) is 0 Å². The van der Waals surface area contributed by atoms with Gasteiger partial charge in [0.25, 0.3) is 5.91 Å². The van der Waals surface area contributed by atoms with Gasteiger partial charge in [-0.25, -0.2) is 4.98 Å². The lowest BCUT2D eigenvalue weighted by Gasteiger charge is -2.05. The molecule has 0 saturated heterocycles. The third kappa shape index (κ3) is 3.14. The third-order valence-corrected chi connectivity index (χ3v) is 3.12. The van der Waals surface area contributed by atoms with Crippen LogP contribution in [0, 0.1) is 0 Å². The lowest BCUT2D eigenvalue weighted by Crippen LogP contribution is -2.13. The molecule has 1 amide bonds. The highest BCUT2D eigenvalue weighted by Crippen LogP contribution is 2.20. The van der Waals surface area contributed by atoms with E-state index < -0.39 is 0 Å². The fraction of sp³-hybridized carbons (Fsp3) is 0. The van der Waals surface area contributed by atoms with Gasteiger partial charge in [-0.1, -0.05) is 12.1 Å². The van der Waals surface area contributed by atoms with Gasteiger partial charge in [0.1, 0.15) is 10.3 Å². The second kappa shape index (κ2) is 5.84. The first-order valence-corrected chi connectivity index (χ1v) is 6.82. The summed E-state index contributed by atoms with van der Waals surface area (Å²) in [6, 6.07) is 12.3. The molecule has 3 rings (SSSR count). The van der Waals surface area contributed by atoms with Gasteiger partial charge in [-0.05, 0) is 46.3 Å². The molecule has 104 valence electrons. The second-order valence-corrected chi connectivity index (χ2v) is 4.94. The Labute approximate surface area is 128 Å². The maximum atomic E-state index is 12.1. The number of nitrogens with zero attached hydrogens (tertiary/aromatic N) is 3. The van der Waals surface area contributed by atoms with Crippen molar-refractivity contribution in [1.82, 2.24) is 15.2 Å². The van der Waals surface area contributed by atoms with Crippen LogP contribution in [0.4, 0.5) is 5.69 Å². The smallest absolute Gasteiger partial charge is 0.274 e. The van der Waals surface area contributed by atoms with Crippen LogP contribution < -0.4 is 5.32 Å². The van der Waals surface area contributed by atoms with E-state index in [1.807, 2.05) is 6.07 Å². The predicted octanol–water partition coefficient (Wildman–Crippen LogP) is 3.15. The first kappa shape index (κ1) is 13.4. The molecule has 6 nitrogen and oxygen atoms in total. The summed E-state index contributed by atoms with van der Waals surface area (Å²) in [6.45, 7) is 0. The van der Waals surface area contributed by atoms with Crippen molar-refractivity contribution in [3.05, 3.63) is 59.2 Å². The number of aromatic nitrogens is 3. The number of carbonyl (C=O) groups excluding carboxylic acids is 1. The van der Waals surface area contributed by atoms with E-state index in [4.69, 9.17) is 4.42 Å². The van der Waals surface area contributed by atoms with Crippen LogP contribution in [0.1, 0.15) is 10.5 Å². The molecule has 0 unspecified atom stereocenters. The number of amides is 1. The van der Waals surface area contributed by atoms with E-state index in [-0.39, 0.29) is 5.91 Å². The van der Waals surface area contributed by atoms with Gasteiger partial charge in [-0.2, -0.15) is 0 Å². The number of hydrogen-bond acceptors (Lipinski definition) is 5. The van der Waals surface area contributed by atoms with Crippen LogP contribution >= 0.6 is 15.9 Å². The first-order valence-electron chi connectivity index (χ1n) is 6.03. The summed E-state index contributed by atoms with van der Waals surface area (Å²) in [4.78, 5) is 16.2. The fourth-order valence-corrected chi connectivity index (χ4v) is 2.10. The number of anilines is 1. The Hall–Kier alpha value is -2.54. The monoisotopic (exact) mass is 344 g/mol. The van der Waals surface area contributed by atoms with Crippen LogP contribution in [0.15, 0.2) is 57.9 Å². The van der Waals surface area contributed by atoms with Crippen LogP contribution in [-0.2, 0) is 0 Å². The summed E-state index contributed by atoms with van der Waals surface area (Å²) in [7, 11) is 0. The van der Waals surface area contributed by atoms with Crippen molar-refractivity contribution >= 4 is 27.5 Å². The van der Waals surface area contributed by atoms with E-state index in [1.54, 1.807) is 36.4 Å². The van der Waals surface area contributed by atoms with Crippen molar-refractivity contribution < 1.29 is 9.21 Å². The highest BCUT2D eigenvalue weighted by Gasteiger charge is 2.09. The van der Waals surface area contributed by atoms with Crippen LogP contribution in [0.2, 0.25) is 0 Å². The highest BCUT2D eigenvalue weighted by atomic mass is 79.9. The van der Waals surface area contributed by atoms with Crippen molar-refractivity contribution in [3.63, 3.8) is 0 Å². The summed E-state index contributed by atoms with van der Waals surface area (Å²) in [6.07, 6.45) is 1.26. The Morgan fingerprint density at radius 2 is 2.05 bits per heavy atom. The number of nitrogens with one attached hydrogen (secondary N) is 1. The molecule has 3 aromatic rings. The van der Waals surface area contributed by atoms with Crippen molar-refractivity contribution in [1.29, 1.82) is 0 Å². The molecule has 2 aromatic heterocycles. The minimum absolute atomic E-state index is 0.293. The topological polar surface area (TPSA) is 80.9 Å². The molecule has 0 aliphatic heterocycles. The second-order valence-electron chi connectivity index (χ2n) is 4.12. The Bertz CT molecular complexity index is 774. The van der Waals surface area contributed by atoms with E-state index in [2.05, 4.69) is 36.4 Å². The molecule has 0 aliphatic carbocycles. The molecule has 0 spiro atoms. The van der Waals surface area contributed by atoms with Gasteiger partial charge >= 0.3 is 0 Å². The van der Waals surface area contributed by atoms with Crippen LogP contribution in [0.25, 0.3) is 11.5 Å². The standard InChI is InChI=1S/C14H9BrN4O2/c15-12-6-2-5-11(18-12)13(20)17-10-4-1-3-9(7-10)14-19-16-8-21-14/h1-8H,(H,17,20). The average molecular weight is 345 g/mol. The first-order chi connectivity index (χ1) is 10.2. The molecular formula is C14H9BrN4O2. The number of rotatable bonds is 3. The highest BCUT2D eigenvalue weighted by molar-refractivity contribution is 9.10. The van der Waals surface area contributed by atoms with Crippen molar-refractivity contribution in [3.8, 4) is 11.5 Å². The van der Waals surface area contributed by atoms with Crippen molar-refractivity contribution in [2.24, 2.45) is 0 Å². The summed E-state index contributed by atoms with van der Waals surface area (Å²) < 4.78 is 5.73. The minimum Gasteiger partial charge on any atom is -0.423 e. The zero-order chi connectivity index (χ0) is 14.7. The van der Waals surface area contributed by atoms with Crippen molar-refractivity contribution in [2.75, 3.05) is 5.32 Å². The molecule has 21 heavy (non-hydrogen) atoms. The lowest BCUT2D eigenvalue weighted by molar-refractivity contribution is 0.102. The molecule has 0 aliphatic rings. The molecule has 0 fully saturated rings. The quantitative estimate of drug-likeness (QED) is 0.738. The van der Waals surface area contributed by atoms with Crippen LogP contribution in [0.3, 0.4) is 0 Å². The third-order valence-electron chi connectivity index (χ3n) is 2.68. The summed E-state index contributed by atoms with van der Waals surface area (Å²) >= 11 is 3.23. The Morgan fingerprint density at radius 1 is 1.19 bits per heavy atom. The SMILES string of the molecule is O=C(Nc1cccc(-c2nnco2)c1)c1cccc(Br)n1. The van der Waals surface area contributed by atoms with E-state index in [1.165, 1.54) is 6.39 Å². The Kier molecular flexibility index (Phi) is 3.74. The average Bonchev–Trinajstić information content (AvgIpc) is 3.02.